The second kappa shape index (κ2) is 39.5. The highest BCUT2D eigenvalue weighted by Gasteiger charge is 2.29. The second-order valence-electron chi connectivity index (χ2n) is 24.5. The Labute approximate surface area is 651 Å². The average molecular weight is 1630 g/mol. The van der Waals surface area contributed by atoms with Crippen molar-refractivity contribution >= 4 is 129 Å². The number of ether oxygens (including phenoxy) is 1. The number of hydrogen-bond acceptors (Lipinski definition) is 21. The molecule has 0 aliphatic carbocycles. The Morgan fingerprint density at radius 3 is 1.12 bits per heavy atom. The number of benzene rings is 7. The van der Waals surface area contributed by atoms with Crippen molar-refractivity contribution in [3.05, 3.63) is 229 Å². The summed E-state index contributed by atoms with van der Waals surface area (Å²) in [5.74, 6) is -2.09. The normalized spacial score (nSPS) is 14.8. The van der Waals surface area contributed by atoms with Crippen LogP contribution in [0.3, 0.4) is 0 Å². The fourth-order valence-electron chi connectivity index (χ4n) is 10.8. The van der Waals surface area contributed by atoms with Gasteiger partial charge in [-0.05, 0) is 194 Å². The highest BCUT2D eigenvalue weighted by Crippen LogP contribution is 2.29. The summed E-state index contributed by atoms with van der Waals surface area (Å²) in [7, 11) is -9.70. The number of pyridine rings is 1. The Morgan fingerprint density at radius 2 is 0.734 bits per heavy atom. The van der Waals surface area contributed by atoms with E-state index in [4.69, 9.17) is 51.1 Å². The molecule has 576 valence electrons. The summed E-state index contributed by atoms with van der Waals surface area (Å²) in [6.45, 7) is 11.4. The Hall–Kier alpha value is -9.90. The number of phenols is 4. The molecule has 11 rings (SSSR count). The van der Waals surface area contributed by atoms with E-state index in [2.05, 4.69) is 56.7 Å². The van der Waals surface area contributed by atoms with E-state index in [1.54, 1.807) is 52.0 Å². The molecule has 0 bridgehead atoms. The Balaban J connectivity index is 0.000000183. The molecule has 3 fully saturated rings. The molecule has 3 saturated heterocycles. The number of amides is 4. The van der Waals surface area contributed by atoms with Crippen molar-refractivity contribution in [3.8, 4) is 23.0 Å². The first-order valence-corrected chi connectivity index (χ1v) is 39.6. The van der Waals surface area contributed by atoms with Crippen molar-refractivity contribution in [3.63, 3.8) is 0 Å². The van der Waals surface area contributed by atoms with Gasteiger partial charge in [-0.1, -0.05) is 77.4 Å². The molecule has 9 N–H and O–H groups in total. The molecule has 1 aromatic heterocycles. The van der Waals surface area contributed by atoms with Gasteiger partial charge in [-0.15, -0.1) is 0 Å². The fraction of sp³-hybridized carbons (Fsp3) is 0.257. The third-order valence-electron chi connectivity index (χ3n) is 16.8. The van der Waals surface area contributed by atoms with E-state index in [1.807, 2.05) is 18.2 Å². The molecule has 28 nitrogen and oxygen atoms in total. The van der Waals surface area contributed by atoms with Crippen LogP contribution in [0.1, 0.15) is 130 Å². The van der Waals surface area contributed by atoms with Crippen LogP contribution >= 0.6 is 46.4 Å². The summed E-state index contributed by atoms with van der Waals surface area (Å²) in [6.07, 6.45) is 7.84. The van der Waals surface area contributed by atoms with Crippen LogP contribution in [-0.2, 0) is 34.8 Å². The molecule has 0 unspecified atom stereocenters. The molecule has 35 heteroatoms. The highest BCUT2D eigenvalue weighted by atomic mass is 35.5. The number of anilines is 1. The first-order chi connectivity index (χ1) is 51.9. The SMILES string of the molecule is C/C(=N\NC(=O)c1cccc(N2CCOCC2)c1)c1cc(Cl)ccc1O.C/C(=N\NC(=O)c1cccc(S(=O)(=O)N2CCCCC2)c1)c1cc(Cl)ccc1O.C/C(=N\NC(=O)c1cncc(S(=O)(=O)N2CCCCC2)c1)c1cc(Cl)ccc1O.CNS(=O)(=O)c1cccc(C(=O)N/N=C(\C)c2cc(Cl)ccc2O)c1. The Kier molecular flexibility index (Phi) is 30.7. The summed E-state index contributed by atoms with van der Waals surface area (Å²) in [4.78, 5) is 55.6. The Morgan fingerprint density at radius 1 is 0.404 bits per heavy atom. The van der Waals surface area contributed by atoms with Crippen molar-refractivity contribution < 1.29 is 69.6 Å². The topological polar surface area (TPSA) is 393 Å². The second-order valence-corrected chi connectivity index (χ2v) is 32.0. The first-order valence-electron chi connectivity index (χ1n) is 33.7. The van der Waals surface area contributed by atoms with E-state index >= 15 is 0 Å². The van der Waals surface area contributed by atoms with Crippen molar-refractivity contribution in [1.29, 1.82) is 0 Å². The molecular formula is C74H79Cl4N13O15S3. The van der Waals surface area contributed by atoms with Crippen molar-refractivity contribution in [2.75, 3.05) is 64.4 Å². The molecule has 4 amide bonds. The molecule has 4 heterocycles. The lowest BCUT2D eigenvalue weighted by molar-refractivity contribution is 0.0946. The molecular weight excluding hydrogens is 1550 g/mol. The summed E-state index contributed by atoms with van der Waals surface area (Å²) < 4.78 is 85.1. The zero-order valence-corrected chi connectivity index (χ0v) is 65.1. The molecule has 3 aliphatic rings. The van der Waals surface area contributed by atoms with Gasteiger partial charge >= 0.3 is 0 Å². The van der Waals surface area contributed by atoms with Crippen molar-refractivity contribution in [2.45, 2.75) is 80.9 Å². The van der Waals surface area contributed by atoms with Gasteiger partial charge in [0.2, 0.25) is 30.1 Å². The van der Waals surface area contributed by atoms with Crippen LogP contribution in [0.25, 0.3) is 0 Å². The third-order valence-corrected chi connectivity index (χ3v) is 22.9. The van der Waals surface area contributed by atoms with Gasteiger partial charge in [-0.3, -0.25) is 24.2 Å². The van der Waals surface area contributed by atoms with Crippen LogP contribution < -0.4 is 31.3 Å². The van der Waals surface area contributed by atoms with Crippen LogP contribution in [0, 0.1) is 0 Å². The number of sulfonamides is 3. The monoisotopic (exact) mass is 1630 g/mol. The number of phenolic OH excluding ortho intramolecular Hbond substituents is 4. The lowest BCUT2D eigenvalue weighted by Gasteiger charge is -2.29. The molecule has 3 aliphatic heterocycles. The van der Waals surface area contributed by atoms with Crippen LogP contribution in [0.2, 0.25) is 20.1 Å². The lowest BCUT2D eigenvalue weighted by Crippen LogP contribution is -2.36. The van der Waals surface area contributed by atoms with Crippen LogP contribution in [0.15, 0.2) is 199 Å². The molecule has 109 heavy (non-hydrogen) atoms. The van der Waals surface area contributed by atoms with Crippen LogP contribution in [0.5, 0.6) is 23.0 Å². The quantitative estimate of drug-likeness (QED) is 0.0268. The molecule has 7 aromatic carbocycles. The summed E-state index contributed by atoms with van der Waals surface area (Å²) in [6, 6.07) is 38.2. The number of nitrogens with one attached hydrogen (secondary N) is 5. The van der Waals surface area contributed by atoms with Gasteiger partial charge in [0, 0.05) is 116 Å². The minimum Gasteiger partial charge on any atom is -0.507 e. The van der Waals surface area contributed by atoms with Crippen molar-refractivity contribution in [1.82, 2.24) is 40.0 Å². The number of aromatic nitrogens is 1. The number of aromatic hydroxyl groups is 4. The molecule has 0 atom stereocenters. The maximum Gasteiger partial charge on any atom is 0.272 e. The number of hydrazone groups is 4. The predicted molar refractivity (Wildman–Crippen MR) is 419 cm³/mol. The Bertz CT molecular complexity index is 4970. The maximum absolute atomic E-state index is 12.8. The van der Waals surface area contributed by atoms with Gasteiger partial charge < -0.3 is 30.1 Å². The minimum absolute atomic E-state index is 0.0143. The molecule has 8 aromatic rings. The summed E-state index contributed by atoms with van der Waals surface area (Å²) in [5, 5.41) is 57.2. The average Bonchev–Trinajstić information content (AvgIpc) is 0.803. The van der Waals surface area contributed by atoms with E-state index in [-0.39, 0.29) is 60.3 Å². The number of carbonyl (C=O) groups is 4. The number of piperidine rings is 2. The number of nitrogens with zero attached hydrogens (tertiary/aromatic N) is 8. The summed E-state index contributed by atoms with van der Waals surface area (Å²) in [5.41, 5.74) is 14.5. The minimum atomic E-state index is -3.70. The standard InChI is InChI=1S/C20H22ClN3O4S.C19H21ClN4O4S.C19H20ClN3O3.C16H16ClN3O4S/c1-14(18-13-16(21)8-9-19(18)25)22-23-20(26)15-6-5-7-17(12-15)29(27,28)24-10-3-2-4-11-24;1-13(17-10-15(20)5-6-18(17)25)22-23-19(26)14-9-16(12-21-11-14)29(27,28)24-7-3-2-4-8-24;1-13(17-12-15(20)5-6-18(17)24)21-22-19(25)14-3-2-4-16(11-14)23-7-9-26-10-8-23;1-10(14-9-12(17)6-7-15(14)21)19-20-16(22)11-4-3-5-13(8-11)25(23,24)18-2/h5-9,12-13,25H,2-4,10-11H2,1H3,(H,23,26);5-6,9-12,25H,2-4,7-8H2,1H3,(H,23,26);2-6,11-12,24H,7-10H2,1H3,(H,22,25);3-9,18,21H,1-2H3,(H,20,22)/b22-14+;22-13+;21-13+;19-10+. The number of hydrogen-bond donors (Lipinski definition) is 9. The lowest BCUT2D eigenvalue weighted by atomic mass is 10.1. The summed E-state index contributed by atoms with van der Waals surface area (Å²) >= 11 is 23.7. The van der Waals surface area contributed by atoms with Gasteiger partial charge in [0.05, 0.1) is 51.4 Å². The molecule has 0 radical (unpaired) electrons. The van der Waals surface area contributed by atoms with Gasteiger partial charge in [0.25, 0.3) is 23.6 Å². The van der Waals surface area contributed by atoms with E-state index in [0.29, 0.717) is 110 Å². The van der Waals surface area contributed by atoms with E-state index in [9.17, 15) is 64.9 Å². The molecule has 0 saturated carbocycles. The zero-order valence-electron chi connectivity index (χ0n) is 59.6. The predicted octanol–water partition coefficient (Wildman–Crippen LogP) is 11.3. The van der Waals surface area contributed by atoms with Crippen molar-refractivity contribution in [2.24, 2.45) is 20.4 Å². The van der Waals surface area contributed by atoms with Crippen LogP contribution in [0.4, 0.5) is 5.69 Å². The third kappa shape index (κ3) is 23.8. The first kappa shape index (κ1) is 84.7. The smallest absolute Gasteiger partial charge is 0.272 e. The highest BCUT2D eigenvalue weighted by molar-refractivity contribution is 7.89. The van der Waals surface area contributed by atoms with Gasteiger partial charge in [0.1, 0.15) is 27.9 Å². The van der Waals surface area contributed by atoms with E-state index in [0.717, 1.165) is 57.3 Å². The fourth-order valence-corrected chi connectivity index (χ4v) is 15.3. The number of rotatable bonds is 19. The van der Waals surface area contributed by atoms with E-state index in [1.165, 1.54) is 137 Å². The maximum atomic E-state index is 12.8. The zero-order chi connectivity index (χ0) is 79.2. The largest absolute Gasteiger partial charge is 0.507 e. The number of morpholine rings is 1. The van der Waals surface area contributed by atoms with E-state index < -0.39 is 47.8 Å². The van der Waals surface area contributed by atoms with Gasteiger partial charge in [-0.2, -0.15) is 29.0 Å². The number of carbonyl (C=O) groups excluding carboxylic acids is 4. The van der Waals surface area contributed by atoms with Gasteiger partial charge in [-0.25, -0.2) is 51.7 Å². The van der Waals surface area contributed by atoms with Crippen LogP contribution in [-0.4, -0.2) is 165 Å². The molecule has 0 spiro atoms. The van der Waals surface area contributed by atoms with Gasteiger partial charge in [0.15, 0.2) is 0 Å². The number of halogens is 4.